The van der Waals surface area contributed by atoms with Crippen LogP contribution in [0.2, 0.25) is 5.02 Å². The van der Waals surface area contributed by atoms with Gasteiger partial charge in [0.25, 0.3) is 11.5 Å². The topological polar surface area (TPSA) is 109 Å². The van der Waals surface area contributed by atoms with Crippen molar-refractivity contribution in [3.63, 3.8) is 0 Å². The highest BCUT2D eigenvalue weighted by Gasteiger charge is 2.21. The molecule has 0 aliphatic carbocycles. The lowest BCUT2D eigenvalue weighted by molar-refractivity contribution is -0.135. The molecule has 3 aromatic rings. The first-order valence-corrected chi connectivity index (χ1v) is 8.29. The second kappa shape index (κ2) is 7.13. The molecule has 7 nitrogen and oxygen atoms in total. The van der Waals surface area contributed by atoms with Crippen LogP contribution in [-0.2, 0) is 11.8 Å². The smallest absolute Gasteiger partial charge is 0.322 e. The molecule has 0 unspecified atom stereocenters. The second-order valence-electron chi connectivity index (χ2n) is 5.90. The largest absolute Gasteiger partial charge is 0.506 e. The van der Waals surface area contributed by atoms with E-state index < -0.39 is 35.3 Å². The van der Waals surface area contributed by atoms with Gasteiger partial charge in [-0.25, -0.2) is 0 Å². The number of carboxylic acid groups (broad SMARTS) is 1. The van der Waals surface area contributed by atoms with Gasteiger partial charge in [-0.15, -0.1) is 0 Å². The van der Waals surface area contributed by atoms with Gasteiger partial charge in [0.1, 0.15) is 17.9 Å². The molecule has 3 N–H and O–H groups in total. The second-order valence-corrected chi connectivity index (χ2v) is 6.34. The van der Waals surface area contributed by atoms with E-state index >= 15 is 0 Å². The first kappa shape index (κ1) is 18.5. The molecule has 27 heavy (non-hydrogen) atoms. The van der Waals surface area contributed by atoms with Crippen molar-refractivity contribution in [1.29, 1.82) is 0 Å². The number of pyridine rings is 1. The van der Waals surface area contributed by atoms with Crippen molar-refractivity contribution in [2.24, 2.45) is 7.05 Å². The number of halogens is 1. The van der Waals surface area contributed by atoms with Crippen molar-refractivity contribution in [1.82, 2.24) is 9.88 Å². The van der Waals surface area contributed by atoms with Gasteiger partial charge in [-0.2, -0.15) is 0 Å². The third-order valence-electron chi connectivity index (χ3n) is 4.17. The predicted octanol–water partition coefficient (Wildman–Crippen LogP) is 2.38. The van der Waals surface area contributed by atoms with E-state index in [0.717, 1.165) is 11.1 Å². The minimum absolute atomic E-state index is 0.301. The number of fused-ring (bicyclic) bond motifs is 1. The number of hydrogen-bond donors (Lipinski definition) is 3. The highest BCUT2D eigenvalue weighted by Crippen LogP contribution is 2.30. The van der Waals surface area contributed by atoms with Crippen molar-refractivity contribution in [2.75, 3.05) is 6.54 Å². The van der Waals surface area contributed by atoms with E-state index in [0.29, 0.717) is 15.9 Å². The number of aryl methyl sites for hydroxylation is 1. The van der Waals surface area contributed by atoms with Crippen LogP contribution >= 0.6 is 11.6 Å². The van der Waals surface area contributed by atoms with Crippen LogP contribution in [-0.4, -0.2) is 33.2 Å². The first-order chi connectivity index (χ1) is 12.8. The third-order valence-corrected chi connectivity index (χ3v) is 4.43. The number of rotatable bonds is 4. The lowest BCUT2D eigenvalue weighted by Crippen LogP contribution is -2.35. The summed E-state index contributed by atoms with van der Waals surface area (Å²) in [6.45, 7) is -0.658. The standard InChI is InChI=1S/C19H15ClN2O5/c1-22-14-8-11(10-2-5-12(20)6-3-10)4-7-13(14)17(25)16(19(22)27)18(26)21-9-15(23)24/h2-8,25H,9H2,1H3,(H,21,26)(H,23,24). The Morgan fingerprint density at radius 3 is 2.37 bits per heavy atom. The Balaban J connectivity index is 2.14. The van der Waals surface area contributed by atoms with Crippen molar-refractivity contribution >= 4 is 34.4 Å². The van der Waals surface area contributed by atoms with Crippen LogP contribution in [0.4, 0.5) is 0 Å². The Bertz CT molecular complexity index is 1120. The van der Waals surface area contributed by atoms with Gasteiger partial charge in [-0.3, -0.25) is 14.4 Å². The molecule has 1 amide bonds. The highest BCUT2D eigenvalue weighted by molar-refractivity contribution is 6.30. The molecule has 0 spiro atoms. The van der Waals surface area contributed by atoms with Crippen molar-refractivity contribution in [3.8, 4) is 16.9 Å². The normalized spacial score (nSPS) is 10.7. The van der Waals surface area contributed by atoms with E-state index in [9.17, 15) is 19.5 Å². The van der Waals surface area contributed by atoms with Crippen LogP contribution in [0.5, 0.6) is 5.75 Å². The molecular formula is C19H15ClN2O5. The number of nitrogens with one attached hydrogen (secondary N) is 1. The summed E-state index contributed by atoms with van der Waals surface area (Å²) in [5.74, 6) is -2.69. The van der Waals surface area contributed by atoms with Gasteiger partial charge in [0.15, 0.2) is 0 Å². The monoisotopic (exact) mass is 386 g/mol. The molecule has 0 saturated heterocycles. The van der Waals surface area contributed by atoms with Crippen LogP contribution in [0.25, 0.3) is 22.0 Å². The van der Waals surface area contributed by atoms with Crippen LogP contribution in [0, 0.1) is 0 Å². The maximum absolute atomic E-state index is 12.6. The first-order valence-electron chi connectivity index (χ1n) is 7.91. The number of hydrogen-bond acceptors (Lipinski definition) is 4. The number of carbonyl (C=O) groups excluding carboxylic acids is 1. The fraction of sp³-hybridized carbons (Fsp3) is 0.105. The maximum atomic E-state index is 12.6. The number of nitrogens with zero attached hydrogens (tertiary/aromatic N) is 1. The van der Waals surface area contributed by atoms with Crippen LogP contribution in [0.3, 0.4) is 0 Å². The molecule has 1 heterocycles. The van der Waals surface area contributed by atoms with E-state index in [2.05, 4.69) is 5.32 Å². The summed E-state index contributed by atoms with van der Waals surface area (Å²) in [4.78, 5) is 35.3. The minimum atomic E-state index is -1.26. The lowest BCUT2D eigenvalue weighted by Gasteiger charge is -2.13. The van der Waals surface area contributed by atoms with Gasteiger partial charge in [-0.1, -0.05) is 29.8 Å². The summed E-state index contributed by atoms with van der Waals surface area (Å²) in [6, 6.07) is 12.2. The molecule has 2 aromatic carbocycles. The van der Waals surface area contributed by atoms with E-state index in [1.165, 1.54) is 11.6 Å². The number of aliphatic carboxylic acids is 1. The van der Waals surface area contributed by atoms with E-state index in [4.69, 9.17) is 16.7 Å². The molecule has 3 rings (SSSR count). The van der Waals surface area contributed by atoms with Gasteiger partial charge in [0, 0.05) is 17.5 Å². The number of carbonyl (C=O) groups is 2. The van der Waals surface area contributed by atoms with E-state index in [1.807, 2.05) is 12.1 Å². The fourth-order valence-electron chi connectivity index (χ4n) is 2.79. The SMILES string of the molecule is Cn1c(=O)c(C(=O)NCC(=O)O)c(O)c2ccc(-c3ccc(Cl)cc3)cc21. The Kier molecular flexibility index (Phi) is 4.87. The molecule has 0 aliphatic heterocycles. The zero-order valence-corrected chi connectivity index (χ0v) is 14.9. The molecule has 138 valence electrons. The number of aromatic nitrogens is 1. The van der Waals surface area contributed by atoms with Crippen molar-refractivity contribution < 1.29 is 19.8 Å². The molecule has 1 aromatic heterocycles. The number of amides is 1. The average molecular weight is 387 g/mol. The summed E-state index contributed by atoms with van der Waals surface area (Å²) in [6.07, 6.45) is 0. The number of aromatic hydroxyl groups is 1. The molecule has 0 radical (unpaired) electrons. The predicted molar refractivity (Wildman–Crippen MR) is 101 cm³/mol. The molecule has 0 atom stereocenters. The molecule has 0 fully saturated rings. The lowest BCUT2D eigenvalue weighted by atomic mass is 10.0. The van der Waals surface area contributed by atoms with Gasteiger partial charge in [0.05, 0.1) is 5.52 Å². The van der Waals surface area contributed by atoms with E-state index in [-0.39, 0.29) is 0 Å². The Hall–Kier alpha value is -3.32. The fourth-order valence-corrected chi connectivity index (χ4v) is 2.92. The maximum Gasteiger partial charge on any atom is 0.322 e. The van der Waals surface area contributed by atoms with Crippen LogP contribution in [0.1, 0.15) is 10.4 Å². The van der Waals surface area contributed by atoms with Gasteiger partial charge >= 0.3 is 5.97 Å². The minimum Gasteiger partial charge on any atom is -0.506 e. The number of benzene rings is 2. The Labute approximate surface area is 158 Å². The van der Waals surface area contributed by atoms with Crippen LogP contribution in [0.15, 0.2) is 47.3 Å². The molecule has 8 heteroatoms. The summed E-state index contributed by atoms with van der Waals surface area (Å²) < 4.78 is 1.24. The van der Waals surface area contributed by atoms with Crippen molar-refractivity contribution in [2.45, 2.75) is 0 Å². The van der Waals surface area contributed by atoms with Gasteiger partial charge in [0.2, 0.25) is 0 Å². The zero-order valence-electron chi connectivity index (χ0n) is 14.2. The molecule has 0 saturated carbocycles. The average Bonchev–Trinajstić information content (AvgIpc) is 2.65. The van der Waals surface area contributed by atoms with E-state index in [1.54, 1.807) is 30.3 Å². The van der Waals surface area contributed by atoms with Crippen LogP contribution < -0.4 is 10.9 Å². The summed E-state index contributed by atoms with van der Waals surface area (Å²) in [5, 5.41) is 22.1. The quantitative estimate of drug-likeness (QED) is 0.638. The molecule has 0 aliphatic rings. The van der Waals surface area contributed by atoms with Gasteiger partial charge in [-0.05, 0) is 35.4 Å². The van der Waals surface area contributed by atoms with Crippen molar-refractivity contribution in [3.05, 3.63) is 63.4 Å². The summed E-state index contributed by atoms with van der Waals surface area (Å²) in [5.41, 5.74) is 0.884. The summed E-state index contributed by atoms with van der Waals surface area (Å²) in [7, 11) is 1.48. The molecular weight excluding hydrogens is 372 g/mol. The third kappa shape index (κ3) is 3.50. The van der Waals surface area contributed by atoms with Gasteiger partial charge < -0.3 is 20.1 Å². The summed E-state index contributed by atoms with van der Waals surface area (Å²) >= 11 is 5.90. The Morgan fingerprint density at radius 2 is 1.74 bits per heavy atom. The molecule has 0 bridgehead atoms. The Morgan fingerprint density at radius 1 is 1.11 bits per heavy atom. The highest BCUT2D eigenvalue weighted by atomic mass is 35.5. The zero-order chi connectivity index (χ0) is 19.7. The number of carboxylic acids is 1.